The standard InChI is InChI=1S/C17H20N6O/c1-11-12(2)22(8-7-21(3)4)16-14(11)17-19-15(13-6-5-9-24-13)20-23(17)10-18-16/h5-6,9-10H,7-8H2,1-4H3. The summed E-state index contributed by atoms with van der Waals surface area (Å²) < 4.78 is 9.40. The summed E-state index contributed by atoms with van der Waals surface area (Å²) in [6.45, 7) is 6.10. The summed E-state index contributed by atoms with van der Waals surface area (Å²) in [4.78, 5) is 11.5. The number of aromatic nitrogens is 5. The Balaban J connectivity index is 1.93. The van der Waals surface area contributed by atoms with E-state index >= 15 is 0 Å². The number of nitrogens with zero attached hydrogens (tertiary/aromatic N) is 6. The first-order chi connectivity index (χ1) is 11.6. The fraction of sp³-hybridized carbons (Fsp3) is 0.353. The Kier molecular flexibility index (Phi) is 3.38. The Morgan fingerprint density at radius 3 is 2.75 bits per heavy atom. The number of fused-ring (bicyclic) bond motifs is 3. The van der Waals surface area contributed by atoms with Crippen molar-refractivity contribution in [3.8, 4) is 11.6 Å². The normalized spacial score (nSPS) is 12.0. The van der Waals surface area contributed by atoms with Crippen LogP contribution >= 0.6 is 0 Å². The molecule has 24 heavy (non-hydrogen) atoms. The SMILES string of the molecule is Cc1c(C)n(CCN(C)C)c2ncn3nc(-c4ccco4)nc3c12. The van der Waals surface area contributed by atoms with Gasteiger partial charge in [0.15, 0.2) is 11.4 Å². The summed E-state index contributed by atoms with van der Waals surface area (Å²) in [6, 6.07) is 3.70. The van der Waals surface area contributed by atoms with Crippen molar-refractivity contribution in [1.29, 1.82) is 0 Å². The van der Waals surface area contributed by atoms with E-state index < -0.39 is 0 Å². The molecule has 0 saturated heterocycles. The second kappa shape index (κ2) is 5.45. The van der Waals surface area contributed by atoms with Gasteiger partial charge in [0.05, 0.1) is 11.6 Å². The predicted octanol–water partition coefficient (Wildman–Crippen LogP) is 2.52. The Hall–Kier alpha value is -2.67. The van der Waals surface area contributed by atoms with Crippen molar-refractivity contribution in [2.24, 2.45) is 0 Å². The molecule has 4 heterocycles. The van der Waals surface area contributed by atoms with Crippen molar-refractivity contribution >= 4 is 16.7 Å². The van der Waals surface area contributed by atoms with Crippen LogP contribution in [0.2, 0.25) is 0 Å². The number of aryl methyl sites for hydroxylation is 1. The lowest BCUT2D eigenvalue weighted by Crippen LogP contribution is -2.19. The van der Waals surface area contributed by atoms with Crippen LogP contribution in [0.15, 0.2) is 29.1 Å². The molecule has 0 aliphatic carbocycles. The summed E-state index contributed by atoms with van der Waals surface area (Å²) in [5.41, 5.74) is 4.18. The number of hydrogen-bond donors (Lipinski definition) is 0. The van der Waals surface area contributed by atoms with Gasteiger partial charge in [0, 0.05) is 18.8 Å². The molecule has 0 amide bonds. The van der Waals surface area contributed by atoms with Crippen molar-refractivity contribution in [1.82, 2.24) is 29.0 Å². The van der Waals surface area contributed by atoms with Crippen LogP contribution in [0.3, 0.4) is 0 Å². The number of furan rings is 1. The maximum Gasteiger partial charge on any atom is 0.217 e. The van der Waals surface area contributed by atoms with Gasteiger partial charge in [-0.2, -0.15) is 0 Å². The van der Waals surface area contributed by atoms with Gasteiger partial charge in [-0.15, -0.1) is 5.10 Å². The average Bonchev–Trinajstić information content (AvgIpc) is 3.25. The van der Waals surface area contributed by atoms with E-state index in [1.165, 1.54) is 11.3 Å². The largest absolute Gasteiger partial charge is 0.461 e. The average molecular weight is 324 g/mol. The molecule has 0 aliphatic rings. The second-order valence-corrected chi connectivity index (χ2v) is 6.29. The quantitative estimate of drug-likeness (QED) is 0.577. The van der Waals surface area contributed by atoms with Crippen molar-refractivity contribution in [3.05, 3.63) is 36.0 Å². The summed E-state index contributed by atoms with van der Waals surface area (Å²) in [5, 5.41) is 5.55. The van der Waals surface area contributed by atoms with Gasteiger partial charge >= 0.3 is 0 Å². The monoisotopic (exact) mass is 324 g/mol. The predicted molar refractivity (Wildman–Crippen MR) is 92.0 cm³/mol. The highest BCUT2D eigenvalue weighted by atomic mass is 16.3. The van der Waals surface area contributed by atoms with E-state index in [1.54, 1.807) is 17.1 Å². The second-order valence-electron chi connectivity index (χ2n) is 6.29. The van der Waals surface area contributed by atoms with Gasteiger partial charge in [-0.3, -0.25) is 0 Å². The van der Waals surface area contributed by atoms with Gasteiger partial charge in [-0.1, -0.05) is 0 Å². The van der Waals surface area contributed by atoms with E-state index in [0.29, 0.717) is 11.6 Å². The summed E-state index contributed by atoms with van der Waals surface area (Å²) in [6.07, 6.45) is 3.35. The third kappa shape index (κ3) is 2.20. The third-order valence-corrected chi connectivity index (χ3v) is 4.46. The molecule has 0 aliphatic heterocycles. The molecule has 4 aromatic rings. The van der Waals surface area contributed by atoms with E-state index in [1.807, 2.05) is 12.1 Å². The fourth-order valence-corrected chi connectivity index (χ4v) is 3.01. The molecule has 0 fully saturated rings. The zero-order chi connectivity index (χ0) is 16.8. The van der Waals surface area contributed by atoms with Crippen molar-refractivity contribution in [2.45, 2.75) is 20.4 Å². The van der Waals surface area contributed by atoms with Gasteiger partial charge in [-0.05, 0) is 45.6 Å². The fourth-order valence-electron chi connectivity index (χ4n) is 3.01. The number of rotatable bonds is 4. The molecule has 4 aromatic heterocycles. The first-order valence-corrected chi connectivity index (χ1v) is 7.95. The number of hydrogen-bond acceptors (Lipinski definition) is 5. The van der Waals surface area contributed by atoms with Crippen LogP contribution in [0.5, 0.6) is 0 Å². The van der Waals surface area contributed by atoms with Crippen LogP contribution in [-0.4, -0.2) is 49.7 Å². The topological polar surface area (TPSA) is 64.4 Å². The van der Waals surface area contributed by atoms with Crippen LogP contribution in [0.1, 0.15) is 11.3 Å². The maximum atomic E-state index is 5.42. The van der Waals surface area contributed by atoms with E-state index in [4.69, 9.17) is 4.42 Å². The first-order valence-electron chi connectivity index (χ1n) is 7.95. The Bertz CT molecular complexity index is 1010. The molecule has 0 saturated carbocycles. The summed E-state index contributed by atoms with van der Waals surface area (Å²) >= 11 is 0. The lowest BCUT2D eigenvalue weighted by atomic mass is 10.2. The molecule has 0 N–H and O–H groups in total. The molecule has 0 radical (unpaired) electrons. The van der Waals surface area contributed by atoms with E-state index in [2.05, 4.69) is 52.5 Å². The van der Waals surface area contributed by atoms with Crippen LogP contribution in [0.25, 0.3) is 28.3 Å². The summed E-state index contributed by atoms with van der Waals surface area (Å²) in [5.74, 6) is 1.24. The minimum Gasteiger partial charge on any atom is -0.461 e. The minimum atomic E-state index is 0.576. The van der Waals surface area contributed by atoms with Crippen LogP contribution in [0, 0.1) is 13.8 Å². The Morgan fingerprint density at radius 2 is 2.04 bits per heavy atom. The smallest absolute Gasteiger partial charge is 0.217 e. The molecule has 0 atom stereocenters. The van der Waals surface area contributed by atoms with E-state index in [9.17, 15) is 0 Å². The molecule has 0 bridgehead atoms. The highest BCUT2D eigenvalue weighted by molar-refractivity contribution is 5.94. The van der Waals surface area contributed by atoms with Crippen molar-refractivity contribution < 1.29 is 4.42 Å². The lowest BCUT2D eigenvalue weighted by Gasteiger charge is -2.12. The maximum absolute atomic E-state index is 5.42. The highest BCUT2D eigenvalue weighted by Gasteiger charge is 2.18. The molecular formula is C17H20N6O. The minimum absolute atomic E-state index is 0.576. The van der Waals surface area contributed by atoms with Crippen LogP contribution in [-0.2, 0) is 6.54 Å². The zero-order valence-corrected chi connectivity index (χ0v) is 14.3. The van der Waals surface area contributed by atoms with E-state index in [-0.39, 0.29) is 0 Å². The number of likely N-dealkylation sites (N-methyl/N-ethyl adjacent to an activating group) is 1. The third-order valence-electron chi connectivity index (χ3n) is 4.46. The molecular weight excluding hydrogens is 304 g/mol. The zero-order valence-electron chi connectivity index (χ0n) is 14.3. The highest BCUT2D eigenvalue weighted by Crippen LogP contribution is 2.28. The van der Waals surface area contributed by atoms with Gasteiger partial charge in [0.2, 0.25) is 5.82 Å². The van der Waals surface area contributed by atoms with Gasteiger partial charge in [-0.25, -0.2) is 14.5 Å². The van der Waals surface area contributed by atoms with Crippen molar-refractivity contribution in [2.75, 3.05) is 20.6 Å². The molecule has 0 unspecified atom stereocenters. The van der Waals surface area contributed by atoms with Gasteiger partial charge < -0.3 is 13.9 Å². The van der Waals surface area contributed by atoms with Crippen molar-refractivity contribution in [3.63, 3.8) is 0 Å². The molecule has 7 nitrogen and oxygen atoms in total. The lowest BCUT2D eigenvalue weighted by molar-refractivity contribution is 0.384. The Labute approximate surface area is 139 Å². The van der Waals surface area contributed by atoms with Gasteiger partial charge in [0.1, 0.15) is 12.0 Å². The van der Waals surface area contributed by atoms with E-state index in [0.717, 1.165) is 29.8 Å². The molecule has 0 aromatic carbocycles. The van der Waals surface area contributed by atoms with Gasteiger partial charge in [0.25, 0.3) is 0 Å². The summed E-state index contributed by atoms with van der Waals surface area (Å²) in [7, 11) is 4.15. The van der Waals surface area contributed by atoms with Crippen LogP contribution in [0.4, 0.5) is 0 Å². The first kappa shape index (κ1) is 14.9. The van der Waals surface area contributed by atoms with Crippen LogP contribution < -0.4 is 0 Å². The Morgan fingerprint density at radius 1 is 1.21 bits per heavy atom. The molecule has 7 heteroatoms. The molecule has 4 rings (SSSR count). The molecule has 0 spiro atoms. The molecule has 124 valence electrons.